The van der Waals surface area contributed by atoms with Crippen molar-refractivity contribution in [2.24, 2.45) is 0 Å². The van der Waals surface area contributed by atoms with Gasteiger partial charge in [-0.25, -0.2) is 4.98 Å². The van der Waals surface area contributed by atoms with Crippen LogP contribution in [0.2, 0.25) is 0 Å². The number of carbonyl (C=O) groups excluding carboxylic acids is 1. The summed E-state index contributed by atoms with van der Waals surface area (Å²) < 4.78 is 5.02. The van der Waals surface area contributed by atoms with Crippen LogP contribution < -0.4 is 4.74 Å². The highest BCUT2D eigenvalue weighted by Gasteiger charge is 2.10. The molecule has 110 valence electrons. The summed E-state index contributed by atoms with van der Waals surface area (Å²) in [6.45, 7) is 6.21. The van der Waals surface area contributed by atoms with Crippen molar-refractivity contribution in [1.29, 1.82) is 0 Å². The number of carbonyl (C=O) groups is 1. The van der Waals surface area contributed by atoms with Crippen LogP contribution >= 0.6 is 0 Å². The third-order valence-electron chi connectivity index (χ3n) is 3.62. The van der Waals surface area contributed by atoms with E-state index in [0.717, 1.165) is 11.1 Å². The standard InChI is InChI=1S/C18H21NO2/c1-12-7-13(2)17(14(3)8-12)10-16(20)9-15-5-6-18(21-4)19-11-15/h5-8,11H,9-10H2,1-4H3. The summed E-state index contributed by atoms with van der Waals surface area (Å²) in [5.41, 5.74) is 5.68. The van der Waals surface area contributed by atoms with Crippen molar-refractivity contribution in [2.45, 2.75) is 33.6 Å². The first-order valence-corrected chi connectivity index (χ1v) is 7.07. The summed E-state index contributed by atoms with van der Waals surface area (Å²) in [7, 11) is 1.58. The van der Waals surface area contributed by atoms with Crippen LogP contribution in [0.3, 0.4) is 0 Å². The molecule has 1 aromatic heterocycles. The molecule has 3 nitrogen and oxygen atoms in total. The fourth-order valence-corrected chi connectivity index (χ4v) is 2.61. The molecule has 1 heterocycles. The quantitative estimate of drug-likeness (QED) is 0.844. The van der Waals surface area contributed by atoms with E-state index in [4.69, 9.17) is 4.74 Å². The average Bonchev–Trinajstić information content (AvgIpc) is 2.43. The van der Waals surface area contributed by atoms with Crippen LogP contribution in [-0.2, 0) is 17.6 Å². The molecular formula is C18H21NO2. The number of ketones is 1. The second kappa shape index (κ2) is 6.53. The van der Waals surface area contributed by atoms with Crippen molar-refractivity contribution in [3.8, 4) is 5.88 Å². The molecule has 0 radical (unpaired) electrons. The van der Waals surface area contributed by atoms with Crippen molar-refractivity contribution in [3.63, 3.8) is 0 Å². The van der Waals surface area contributed by atoms with Crippen LogP contribution in [0, 0.1) is 20.8 Å². The van der Waals surface area contributed by atoms with E-state index in [1.165, 1.54) is 16.7 Å². The van der Waals surface area contributed by atoms with E-state index in [9.17, 15) is 4.79 Å². The SMILES string of the molecule is COc1ccc(CC(=O)Cc2c(C)cc(C)cc2C)cn1. The average molecular weight is 283 g/mol. The predicted octanol–water partition coefficient (Wildman–Crippen LogP) is 3.37. The van der Waals surface area contributed by atoms with Crippen molar-refractivity contribution in [1.82, 2.24) is 4.98 Å². The molecule has 2 aromatic rings. The van der Waals surface area contributed by atoms with Gasteiger partial charge in [0.15, 0.2) is 0 Å². The van der Waals surface area contributed by atoms with Crippen LogP contribution in [0.1, 0.15) is 27.8 Å². The summed E-state index contributed by atoms with van der Waals surface area (Å²) in [4.78, 5) is 16.4. The maximum Gasteiger partial charge on any atom is 0.212 e. The molecule has 21 heavy (non-hydrogen) atoms. The number of hydrogen-bond acceptors (Lipinski definition) is 3. The lowest BCUT2D eigenvalue weighted by Gasteiger charge is -2.11. The van der Waals surface area contributed by atoms with E-state index in [-0.39, 0.29) is 5.78 Å². The number of aryl methyl sites for hydroxylation is 3. The second-order valence-corrected chi connectivity index (χ2v) is 5.48. The van der Waals surface area contributed by atoms with E-state index in [2.05, 4.69) is 37.9 Å². The molecule has 0 aliphatic heterocycles. The maximum absolute atomic E-state index is 12.3. The molecular weight excluding hydrogens is 262 g/mol. The second-order valence-electron chi connectivity index (χ2n) is 5.48. The fourth-order valence-electron chi connectivity index (χ4n) is 2.61. The van der Waals surface area contributed by atoms with Gasteiger partial charge in [-0.15, -0.1) is 0 Å². The Balaban J connectivity index is 2.08. The lowest BCUT2D eigenvalue weighted by molar-refractivity contribution is -0.117. The van der Waals surface area contributed by atoms with Gasteiger partial charge in [0.05, 0.1) is 7.11 Å². The highest BCUT2D eigenvalue weighted by molar-refractivity contribution is 5.83. The first-order chi connectivity index (χ1) is 9.99. The van der Waals surface area contributed by atoms with Gasteiger partial charge < -0.3 is 4.74 Å². The van der Waals surface area contributed by atoms with Gasteiger partial charge in [0.25, 0.3) is 0 Å². The molecule has 0 fully saturated rings. The van der Waals surface area contributed by atoms with Gasteiger partial charge in [-0.1, -0.05) is 23.8 Å². The summed E-state index contributed by atoms with van der Waals surface area (Å²) >= 11 is 0. The van der Waals surface area contributed by atoms with Gasteiger partial charge in [0.1, 0.15) is 5.78 Å². The third-order valence-corrected chi connectivity index (χ3v) is 3.62. The summed E-state index contributed by atoms with van der Waals surface area (Å²) in [5, 5.41) is 0. The number of methoxy groups -OCH3 is 1. The first-order valence-electron chi connectivity index (χ1n) is 7.07. The van der Waals surface area contributed by atoms with E-state index in [1.54, 1.807) is 19.4 Å². The zero-order chi connectivity index (χ0) is 15.4. The summed E-state index contributed by atoms with van der Waals surface area (Å²) in [6, 6.07) is 7.93. The molecule has 0 unspecified atom stereocenters. The minimum atomic E-state index is 0.206. The molecule has 0 N–H and O–H groups in total. The van der Waals surface area contributed by atoms with Crippen molar-refractivity contribution >= 4 is 5.78 Å². The molecule has 1 aromatic carbocycles. The molecule has 0 aliphatic carbocycles. The number of hydrogen-bond donors (Lipinski definition) is 0. The Morgan fingerprint density at radius 3 is 2.29 bits per heavy atom. The number of benzene rings is 1. The number of rotatable bonds is 5. The van der Waals surface area contributed by atoms with Crippen LogP contribution in [0.5, 0.6) is 5.88 Å². The number of pyridine rings is 1. The zero-order valence-corrected chi connectivity index (χ0v) is 13.1. The minimum Gasteiger partial charge on any atom is -0.481 e. The van der Waals surface area contributed by atoms with Gasteiger partial charge in [-0.3, -0.25) is 4.79 Å². The first kappa shape index (κ1) is 15.2. The Kier molecular flexibility index (Phi) is 4.73. The van der Waals surface area contributed by atoms with E-state index < -0.39 is 0 Å². The molecule has 3 heteroatoms. The van der Waals surface area contributed by atoms with Crippen LogP contribution in [0.25, 0.3) is 0 Å². The highest BCUT2D eigenvalue weighted by atomic mass is 16.5. The number of Topliss-reactive ketones (excluding diaryl/α,β-unsaturated/α-hetero) is 1. The Bertz CT molecular complexity index is 622. The van der Waals surface area contributed by atoms with Gasteiger partial charge in [-0.2, -0.15) is 0 Å². The fraction of sp³-hybridized carbons (Fsp3) is 0.333. The summed E-state index contributed by atoms with van der Waals surface area (Å²) in [6.07, 6.45) is 2.58. The van der Waals surface area contributed by atoms with Crippen LogP contribution in [0.15, 0.2) is 30.5 Å². The van der Waals surface area contributed by atoms with E-state index in [1.807, 2.05) is 6.07 Å². The monoisotopic (exact) mass is 283 g/mol. The number of aromatic nitrogens is 1. The van der Waals surface area contributed by atoms with Crippen LogP contribution in [-0.4, -0.2) is 17.9 Å². The number of nitrogens with zero attached hydrogens (tertiary/aromatic N) is 1. The predicted molar refractivity (Wildman–Crippen MR) is 83.9 cm³/mol. The molecule has 0 saturated carbocycles. The number of ether oxygens (including phenoxy) is 1. The normalized spacial score (nSPS) is 10.5. The van der Waals surface area contributed by atoms with Crippen molar-refractivity contribution < 1.29 is 9.53 Å². The Hall–Kier alpha value is -2.16. The van der Waals surface area contributed by atoms with E-state index >= 15 is 0 Å². The molecule has 0 amide bonds. The molecule has 0 saturated heterocycles. The lowest BCUT2D eigenvalue weighted by atomic mass is 9.94. The molecule has 0 aliphatic rings. The minimum absolute atomic E-state index is 0.206. The topological polar surface area (TPSA) is 39.2 Å². The van der Waals surface area contributed by atoms with Gasteiger partial charge in [0, 0.05) is 25.1 Å². The van der Waals surface area contributed by atoms with Gasteiger partial charge in [0.2, 0.25) is 5.88 Å². The van der Waals surface area contributed by atoms with Crippen molar-refractivity contribution in [3.05, 3.63) is 58.3 Å². The third kappa shape index (κ3) is 3.91. The highest BCUT2D eigenvalue weighted by Crippen LogP contribution is 2.18. The Morgan fingerprint density at radius 1 is 1.10 bits per heavy atom. The largest absolute Gasteiger partial charge is 0.481 e. The summed E-state index contributed by atoms with van der Waals surface area (Å²) in [5.74, 6) is 0.772. The van der Waals surface area contributed by atoms with Gasteiger partial charge in [-0.05, 0) is 43.0 Å². The smallest absolute Gasteiger partial charge is 0.212 e. The molecule has 2 rings (SSSR count). The Morgan fingerprint density at radius 2 is 1.76 bits per heavy atom. The maximum atomic E-state index is 12.3. The molecule has 0 spiro atoms. The molecule has 0 bridgehead atoms. The van der Waals surface area contributed by atoms with Gasteiger partial charge >= 0.3 is 0 Å². The Labute approximate surface area is 126 Å². The van der Waals surface area contributed by atoms with Crippen LogP contribution in [0.4, 0.5) is 0 Å². The van der Waals surface area contributed by atoms with Crippen molar-refractivity contribution in [2.75, 3.05) is 7.11 Å². The zero-order valence-electron chi connectivity index (χ0n) is 13.1. The van der Waals surface area contributed by atoms with E-state index in [0.29, 0.717) is 18.7 Å². The lowest BCUT2D eigenvalue weighted by Crippen LogP contribution is -2.09. The molecule has 0 atom stereocenters.